The molecule has 0 amide bonds. The molecule has 17 heavy (non-hydrogen) atoms. The molecule has 0 saturated carbocycles. The summed E-state index contributed by atoms with van der Waals surface area (Å²) in [6, 6.07) is 8.39. The average molecular weight is 235 g/mol. The Balaban J connectivity index is 2.34. The van der Waals surface area contributed by atoms with Crippen LogP contribution in [0.25, 0.3) is 0 Å². The fraction of sp³-hybridized carbons (Fsp3) is 0.600. The maximum absolute atomic E-state index is 5.49. The molecule has 0 aliphatic carbocycles. The maximum Gasteiger partial charge on any atom is 0.119 e. The van der Waals surface area contributed by atoms with E-state index in [2.05, 4.69) is 44.3 Å². The Morgan fingerprint density at radius 2 is 2.00 bits per heavy atom. The van der Waals surface area contributed by atoms with Gasteiger partial charge in [-0.3, -0.25) is 0 Å². The third-order valence-corrected chi connectivity index (χ3v) is 2.51. The fourth-order valence-corrected chi connectivity index (χ4v) is 1.71. The number of benzene rings is 1. The quantitative estimate of drug-likeness (QED) is 0.763. The molecule has 0 saturated heterocycles. The van der Waals surface area contributed by atoms with Gasteiger partial charge in [0, 0.05) is 5.54 Å². The Bertz CT molecular complexity index is 328. The van der Waals surface area contributed by atoms with E-state index in [0.717, 1.165) is 31.7 Å². The molecule has 0 atom stereocenters. The Morgan fingerprint density at radius 3 is 2.65 bits per heavy atom. The molecule has 0 bridgehead atoms. The monoisotopic (exact) mass is 235 g/mol. The van der Waals surface area contributed by atoms with E-state index in [1.807, 2.05) is 13.0 Å². The molecule has 2 nitrogen and oxygen atoms in total. The standard InChI is InChI=1S/C15H25NO/c1-5-17-14-10-6-8-13(12-14)9-7-11-16-15(2,3)4/h6,8,10,12,16H,5,7,9,11H2,1-4H3. The first kappa shape index (κ1) is 14.0. The Hall–Kier alpha value is -1.02. The van der Waals surface area contributed by atoms with Crippen molar-refractivity contribution in [1.82, 2.24) is 5.32 Å². The lowest BCUT2D eigenvalue weighted by molar-refractivity contribution is 0.340. The van der Waals surface area contributed by atoms with Gasteiger partial charge in [0.2, 0.25) is 0 Å². The first-order valence-electron chi connectivity index (χ1n) is 6.48. The highest BCUT2D eigenvalue weighted by Gasteiger charge is 2.07. The predicted octanol–water partition coefficient (Wildman–Crippen LogP) is 3.41. The molecule has 96 valence electrons. The van der Waals surface area contributed by atoms with Crippen LogP contribution in [0.5, 0.6) is 5.75 Å². The van der Waals surface area contributed by atoms with Gasteiger partial charge in [0.05, 0.1) is 6.61 Å². The fourth-order valence-electron chi connectivity index (χ4n) is 1.71. The summed E-state index contributed by atoms with van der Waals surface area (Å²) in [6.45, 7) is 10.4. The van der Waals surface area contributed by atoms with E-state index in [0.29, 0.717) is 0 Å². The molecule has 0 fully saturated rings. The largest absolute Gasteiger partial charge is 0.494 e. The molecule has 0 aliphatic rings. The van der Waals surface area contributed by atoms with E-state index >= 15 is 0 Å². The highest BCUT2D eigenvalue weighted by atomic mass is 16.5. The second-order valence-corrected chi connectivity index (χ2v) is 5.36. The van der Waals surface area contributed by atoms with Gasteiger partial charge in [0.1, 0.15) is 5.75 Å². The number of ether oxygens (including phenoxy) is 1. The summed E-state index contributed by atoms with van der Waals surface area (Å²) in [4.78, 5) is 0. The highest BCUT2D eigenvalue weighted by molar-refractivity contribution is 5.28. The topological polar surface area (TPSA) is 21.3 Å². The van der Waals surface area contributed by atoms with Crippen molar-refractivity contribution in [3.63, 3.8) is 0 Å². The Kier molecular flexibility index (Phi) is 5.49. The van der Waals surface area contributed by atoms with Crippen molar-refractivity contribution in [3.8, 4) is 5.75 Å². The molecular weight excluding hydrogens is 210 g/mol. The van der Waals surface area contributed by atoms with Crippen LogP contribution < -0.4 is 10.1 Å². The van der Waals surface area contributed by atoms with Crippen LogP contribution in [0, 0.1) is 0 Å². The van der Waals surface area contributed by atoms with E-state index in [4.69, 9.17) is 4.74 Å². The zero-order valence-electron chi connectivity index (χ0n) is 11.5. The number of aryl methyl sites for hydroxylation is 1. The summed E-state index contributed by atoms with van der Waals surface area (Å²) >= 11 is 0. The van der Waals surface area contributed by atoms with E-state index in [1.165, 1.54) is 5.56 Å². The van der Waals surface area contributed by atoms with E-state index < -0.39 is 0 Å². The van der Waals surface area contributed by atoms with Gasteiger partial charge < -0.3 is 10.1 Å². The van der Waals surface area contributed by atoms with Crippen LogP contribution in [-0.2, 0) is 6.42 Å². The summed E-state index contributed by atoms with van der Waals surface area (Å²) in [5.74, 6) is 0.980. The number of rotatable bonds is 6. The minimum atomic E-state index is 0.215. The SMILES string of the molecule is CCOc1cccc(CCCNC(C)(C)C)c1. The normalized spacial score (nSPS) is 11.5. The van der Waals surface area contributed by atoms with Crippen LogP contribution in [0.15, 0.2) is 24.3 Å². The van der Waals surface area contributed by atoms with Gasteiger partial charge in [-0.2, -0.15) is 0 Å². The second-order valence-electron chi connectivity index (χ2n) is 5.36. The van der Waals surface area contributed by atoms with Gasteiger partial charge in [0.25, 0.3) is 0 Å². The van der Waals surface area contributed by atoms with E-state index in [-0.39, 0.29) is 5.54 Å². The maximum atomic E-state index is 5.49. The average Bonchev–Trinajstić information content (AvgIpc) is 2.24. The number of nitrogens with one attached hydrogen (secondary N) is 1. The lowest BCUT2D eigenvalue weighted by atomic mass is 10.1. The smallest absolute Gasteiger partial charge is 0.119 e. The molecular formula is C15H25NO. The van der Waals surface area contributed by atoms with Crippen LogP contribution >= 0.6 is 0 Å². The van der Waals surface area contributed by atoms with Gasteiger partial charge >= 0.3 is 0 Å². The molecule has 1 aromatic rings. The van der Waals surface area contributed by atoms with Crippen molar-refractivity contribution in [3.05, 3.63) is 29.8 Å². The van der Waals surface area contributed by atoms with Gasteiger partial charge in [-0.1, -0.05) is 12.1 Å². The van der Waals surface area contributed by atoms with E-state index in [1.54, 1.807) is 0 Å². The molecule has 0 aromatic heterocycles. The summed E-state index contributed by atoms with van der Waals surface area (Å²) in [6.07, 6.45) is 2.26. The zero-order valence-corrected chi connectivity index (χ0v) is 11.5. The molecule has 1 rings (SSSR count). The van der Waals surface area contributed by atoms with Gasteiger partial charge in [0.15, 0.2) is 0 Å². The zero-order chi connectivity index (χ0) is 12.7. The van der Waals surface area contributed by atoms with Crippen molar-refractivity contribution in [2.24, 2.45) is 0 Å². The Morgan fingerprint density at radius 1 is 1.24 bits per heavy atom. The van der Waals surface area contributed by atoms with Crippen LogP contribution in [0.1, 0.15) is 39.7 Å². The van der Waals surface area contributed by atoms with Crippen LogP contribution in [0.4, 0.5) is 0 Å². The highest BCUT2D eigenvalue weighted by Crippen LogP contribution is 2.14. The van der Waals surface area contributed by atoms with Crippen LogP contribution in [-0.4, -0.2) is 18.7 Å². The van der Waals surface area contributed by atoms with Crippen molar-refractivity contribution in [1.29, 1.82) is 0 Å². The molecule has 0 heterocycles. The lowest BCUT2D eigenvalue weighted by Gasteiger charge is -2.20. The Labute approximate surface area is 105 Å². The van der Waals surface area contributed by atoms with Gasteiger partial charge in [-0.25, -0.2) is 0 Å². The van der Waals surface area contributed by atoms with Crippen molar-refractivity contribution in [2.45, 2.75) is 46.1 Å². The third kappa shape index (κ3) is 6.32. The minimum Gasteiger partial charge on any atom is -0.494 e. The summed E-state index contributed by atoms with van der Waals surface area (Å²) in [5, 5.41) is 3.50. The molecule has 0 radical (unpaired) electrons. The molecule has 0 unspecified atom stereocenters. The van der Waals surface area contributed by atoms with E-state index in [9.17, 15) is 0 Å². The molecule has 1 N–H and O–H groups in total. The first-order valence-corrected chi connectivity index (χ1v) is 6.48. The third-order valence-electron chi connectivity index (χ3n) is 2.51. The predicted molar refractivity (Wildman–Crippen MR) is 73.7 cm³/mol. The first-order chi connectivity index (χ1) is 8.01. The summed E-state index contributed by atoms with van der Waals surface area (Å²) < 4.78 is 5.49. The minimum absolute atomic E-state index is 0.215. The van der Waals surface area contributed by atoms with Gasteiger partial charge in [-0.15, -0.1) is 0 Å². The summed E-state index contributed by atoms with van der Waals surface area (Å²) in [7, 11) is 0. The van der Waals surface area contributed by atoms with Crippen LogP contribution in [0.2, 0.25) is 0 Å². The molecule has 2 heteroatoms. The molecule has 0 spiro atoms. The molecule has 1 aromatic carbocycles. The number of hydrogen-bond donors (Lipinski definition) is 1. The second kappa shape index (κ2) is 6.65. The summed E-state index contributed by atoms with van der Waals surface area (Å²) in [5.41, 5.74) is 1.57. The van der Waals surface area contributed by atoms with Crippen molar-refractivity contribution >= 4 is 0 Å². The van der Waals surface area contributed by atoms with Crippen molar-refractivity contribution in [2.75, 3.05) is 13.2 Å². The number of hydrogen-bond acceptors (Lipinski definition) is 2. The lowest BCUT2D eigenvalue weighted by Crippen LogP contribution is -2.36. The van der Waals surface area contributed by atoms with Gasteiger partial charge in [-0.05, 0) is 64.8 Å². The van der Waals surface area contributed by atoms with Crippen molar-refractivity contribution < 1.29 is 4.74 Å². The van der Waals surface area contributed by atoms with Crippen LogP contribution in [0.3, 0.4) is 0 Å². The molecule has 0 aliphatic heterocycles.